The zero-order valence-corrected chi connectivity index (χ0v) is 20.2. The number of hydrogen-bond donors (Lipinski definition) is 0. The van der Waals surface area contributed by atoms with E-state index in [4.69, 9.17) is 9.47 Å². The molecule has 4 nitrogen and oxygen atoms in total. The van der Waals surface area contributed by atoms with Gasteiger partial charge in [0.2, 0.25) is 0 Å². The third-order valence-electron chi connectivity index (χ3n) is 6.73. The average molecular weight is 434 g/mol. The minimum absolute atomic E-state index is 0.259. The summed E-state index contributed by atoms with van der Waals surface area (Å²) in [5.74, 6) is 1.59. The fourth-order valence-electron chi connectivity index (χ4n) is 4.24. The highest BCUT2D eigenvalue weighted by atomic mass is 32.2. The van der Waals surface area contributed by atoms with Gasteiger partial charge in [-0.05, 0) is 94.7 Å². The summed E-state index contributed by atoms with van der Waals surface area (Å²) in [5.41, 5.74) is 2.56. The van der Waals surface area contributed by atoms with Crippen molar-refractivity contribution >= 4 is 17.6 Å². The molecule has 0 aliphatic heterocycles. The van der Waals surface area contributed by atoms with Crippen LogP contribution in [0, 0.1) is 11.3 Å². The van der Waals surface area contributed by atoms with Gasteiger partial charge in [0.05, 0.1) is 18.9 Å². The van der Waals surface area contributed by atoms with Gasteiger partial charge in [-0.2, -0.15) is 0 Å². The maximum absolute atomic E-state index is 12.5. The highest BCUT2D eigenvalue weighted by Gasteiger charge is 2.32. The van der Waals surface area contributed by atoms with Gasteiger partial charge in [-0.3, -0.25) is 0 Å². The molecule has 0 N–H and O–H groups in total. The van der Waals surface area contributed by atoms with Crippen LogP contribution in [0.4, 0.5) is 0 Å². The molecule has 0 bridgehead atoms. The van der Waals surface area contributed by atoms with E-state index in [0.717, 1.165) is 50.0 Å². The quantitative estimate of drug-likeness (QED) is 0.380. The molecule has 0 amide bonds. The Morgan fingerprint density at radius 1 is 1.20 bits per heavy atom. The largest absolute Gasteiger partial charge is 0.591 e. The first-order chi connectivity index (χ1) is 14.2. The van der Waals surface area contributed by atoms with Gasteiger partial charge in [0, 0.05) is 12.7 Å². The molecule has 0 spiro atoms. The molecule has 1 aromatic rings. The van der Waals surface area contributed by atoms with E-state index in [1.54, 1.807) is 6.21 Å². The zero-order chi connectivity index (χ0) is 21.8. The Kier molecular flexibility index (Phi) is 7.92. The highest BCUT2D eigenvalue weighted by Crippen LogP contribution is 2.40. The van der Waals surface area contributed by atoms with E-state index in [1.807, 2.05) is 27.9 Å². The van der Waals surface area contributed by atoms with Crippen molar-refractivity contribution in [3.05, 3.63) is 29.3 Å². The molecule has 3 rings (SSSR count). The summed E-state index contributed by atoms with van der Waals surface area (Å²) in [4.78, 5) is 0. The second kappa shape index (κ2) is 10.1. The molecule has 1 unspecified atom stereocenters. The maximum Gasteiger partial charge on any atom is 0.144 e. The van der Waals surface area contributed by atoms with E-state index in [2.05, 4.69) is 29.5 Å². The Hall–Kier alpha value is -1.04. The van der Waals surface area contributed by atoms with Crippen LogP contribution < -0.4 is 4.74 Å². The fraction of sp³-hybridized carbons (Fsp3) is 0.720. The first kappa shape index (κ1) is 23.6. The number of nitrogens with zero attached hydrogens (tertiary/aromatic N) is 1. The van der Waals surface area contributed by atoms with Crippen molar-refractivity contribution in [1.29, 1.82) is 0 Å². The summed E-state index contributed by atoms with van der Waals surface area (Å²) in [6.07, 6.45) is 11.6. The lowest BCUT2D eigenvalue weighted by Gasteiger charge is -2.37. The molecule has 0 aromatic heterocycles. The number of hydrogen-bond acceptors (Lipinski definition) is 4. The molecule has 0 radical (unpaired) electrons. The Bertz CT molecular complexity index is 716. The molecule has 168 valence electrons. The van der Waals surface area contributed by atoms with Crippen molar-refractivity contribution in [3.63, 3.8) is 0 Å². The van der Waals surface area contributed by atoms with Gasteiger partial charge in [0.1, 0.15) is 21.9 Å². The summed E-state index contributed by atoms with van der Waals surface area (Å²) < 4.78 is 28.2. The molecule has 2 aliphatic rings. The Morgan fingerprint density at radius 3 is 2.47 bits per heavy atom. The normalized spacial score (nSPS) is 26.5. The van der Waals surface area contributed by atoms with Crippen LogP contribution in [0.2, 0.25) is 0 Å². The van der Waals surface area contributed by atoms with Crippen molar-refractivity contribution in [2.24, 2.45) is 15.7 Å². The standard InChI is InChI=1S/C25H39NO3S/c1-24(2,3)30(27)26-17-21-15-23(29-18-19-7-6-8-19)10-9-20(21)16-25(4)13-11-22(28-5)12-14-25/h9-10,15,17,19,22H,6-8,11-14,16,18H2,1-5H3/b26-17+/t22-,25+,30?. The van der Waals surface area contributed by atoms with E-state index in [0.29, 0.717) is 12.0 Å². The number of benzene rings is 1. The lowest BCUT2D eigenvalue weighted by molar-refractivity contribution is 0.0325. The summed E-state index contributed by atoms with van der Waals surface area (Å²) in [7, 11) is 1.82. The molecule has 1 atom stereocenters. The van der Waals surface area contributed by atoms with Gasteiger partial charge < -0.3 is 14.0 Å². The Balaban J connectivity index is 1.76. The van der Waals surface area contributed by atoms with Crippen LogP contribution in [0.3, 0.4) is 0 Å². The first-order valence-electron chi connectivity index (χ1n) is 11.4. The molecule has 1 aromatic carbocycles. The molecule has 5 heteroatoms. The molecule has 2 fully saturated rings. The van der Waals surface area contributed by atoms with Crippen LogP contribution in [0.15, 0.2) is 22.6 Å². The maximum atomic E-state index is 12.5. The summed E-state index contributed by atoms with van der Waals surface area (Å²) >= 11 is -1.27. The van der Waals surface area contributed by atoms with Gasteiger partial charge >= 0.3 is 0 Å². The van der Waals surface area contributed by atoms with Crippen molar-refractivity contribution in [2.45, 2.75) is 89.9 Å². The first-order valence-corrected chi connectivity index (χ1v) is 12.5. The van der Waals surface area contributed by atoms with E-state index in [9.17, 15) is 4.55 Å². The van der Waals surface area contributed by atoms with Crippen molar-refractivity contribution < 1.29 is 14.0 Å². The highest BCUT2D eigenvalue weighted by molar-refractivity contribution is 7.91. The molecule has 0 saturated heterocycles. The van der Waals surface area contributed by atoms with Crippen LogP contribution in [-0.2, 0) is 22.5 Å². The molecule has 30 heavy (non-hydrogen) atoms. The molecule has 0 heterocycles. The van der Waals surface area contributed by atoms with Crippen LogP contribution in [0.1, 0.15) is 83.8 Å². The van der Waals surface area contributed by atoms with Crippen LogP contribution in [-0.4, -0.2) is 35.3 Å². The zero-order valence-electron chi connectivity index (χ0n) is 19.4. The van der Waals surface area contributed by atoms with Gasteiger partial charge in [-0.25, -0.2) is 0 Å². The average Bonchev–Trinajstić information content (AvgIpc) is 2.66. The van der Waals surface area contributed by atoms with E-state index in [-0.39, 0.29) is 10.2 Å². The Labute approximate surface area is 186 Å². The van der Waals surface area contributed by atoms with Crippen molar-refractivity contribution in [2.75, 3.05) is 13.7 Å². The smallest absolute Gasteiger partial charge is 0.144 e. The number of rotatable bonds is 8. The second-order valence-electron chi connectivity index (χ2n) is 10.5. The molecular weight excluding hydrogens is 394 g/mol. The third kappa shape index (κ3) is 6.48. The summed E-state index contributed by atoms with van der Waals surface area (Å²) in [5, 5.41) is 0. The predicted octanol–water partition coefficient (Wildman–Crippen LogP) is 5.88. The minimum Gasteiger partial charge on any atom is -0.591 e. The van der Waals surface area contributed by atoms with Gasteiger partial charge in [0.15, 0.2) is 0 Å². The lowest BCUT2D eigenvalue weighted by atomic mass is 9.70. The predicted molar refractivity (Wildman–Crippen MR) is 126 cm³/mol. The van der Waals surface area contributed by atoms with E-state index in [1.165, 1.54) is 24.8 Å². The van der Waals surface area contributed by atoms with E-state index >= 15 is 0 Å². The summed E-state index contributed by atoms with van der Waals surface area (Å²) in [6.45, 7) is 9.03. The monoisotopic (exact) mass is 433 g/mol. The van der Waals surface area contributed by atoms with Crippen LogP contribution >= 0.6 is 0 Å². The van der Waals surface area contributed by atoms with Gasteiger partial charge in [-0.15, -0.1) is 0 Å². The molecule has 2 saturated carbocycles. The van der Waals surface area contributed by atoms with Crippen molar-refractivity contribution in [1.82, 2.24) is 0 Å². The number of ether oxygens (including phenoxy) is 2. The topological polar surface area (TPSA) is 53.9 Å². The molecular formula is C25H39NO3S. The third-order valence-corrected chi connectivity index (χ3v) is 8.07. The van der Waals surface area contributed by atoms with Crippen molar-refractivity contribution in [3.8, 4) is 5.75 Å². The van der Waals surface area contributed by atoms with Crippen LogP contribution in [0.5, 0.6) is 5.75 Å². The minimum atomic E-state index is -1.27. The lowest BCUT2D eigenvalue weighted by Crippen LogP contribution is -2.30. The van der Waals surface area contributed by atoms with Gasteiger partial charge in [0.25, 0.3) is 0 Å². The number of methoxy groups -OCH3 is 1. The van der Waals surface area contributed by atoms with E-state index < -0.39 is 11.4 Å². The Morgan fingerprint density at radius 2 is 1.90 bits per heavy atom. The van der Waals surface area contributed by atoms with Gasteiger partial charge in [-0.1, -0.05) is 23.8 Å². The molecule has 2 aliphatic carbocycles. The van der Waals surface area contributed by atoms with Crippen LogP contribution in [0.25, 0.3) is 0 Å². The summed E-state index contributed by atoms with van der Waals surface area (Å²) in [6, 6.07) is 6.36. The SMILES string of the molecule is CO[C@H]1CC[C@@](C)(Cc2ccc(OCC3CCC3)cc2/C=N/[S+]([O-])C(C)(C)C)CC1. The fourth-order valence-corrected chi connectivity index (χ4v) is 4.77. The second-order valence-corrected chi connectivity index (χ2v) is 12.4.